The van der Waals surface area contributed by atoms with Gasteiger partial charge in [-0.25, -0.2) is 0 Å². The van der Waals surface area contributed by atoms with Crippen molar-refractivity contribution in [3.8, 4) is 0 Å². The summed E-state index contributed by atoms with van der Waals surface area (Å²) in [6.07, 6.45) is 1.98. The second-order valence-corrected chi connectivity index (χ2v) is 1.60. The van der Waals surface area contributed by atoms with Crippen molar-refractivity contribution >= 4 is 6.72 Å². The molecule has 8 heavy (non-hydrogen) atoms. The van der Waals surface area contributed by atoms with Crippen molar-refractivity contribution in [3.05, 3.63) is 11.8 Å². The first-order chi connectivity index (χ1) is 3.72. The van der Waals surface area contributed by atoms with E-state index < -0.39 is 0 Å². The summed E-state index contributed by atoms with van der Waals surface area (Å²) in [5.74, 6) is 0. The molecule has 0 fully saturated rings. The van der Waals surface area contributed by atoms with Crippen LogP contribution in [0.3, 0.4) is 0 Å². The Labute approximate surface area is 50.5 Å². The van der Waals surface area contributed by atoms with Gasteiger partial charge in [-0.3, -0.25) is 5.01 Å². The van der Waals surface area contributed by atoms with Gasteiger partial charge in [0.15, 0.2) is 0 Å². The number of rotatable bonds is 2. The smallest absolute Gasteiger partial charge is 0.0299 e. The highest BCUT2D eigenvalue weighted by atomic mass is 15.4. The highest BCUT2D eigenvalue weighted by Gasteiger charge is 1.87. The van der Waals surface area contributed by atoms with Gasteiger partial charge in [-0.2, -0.15) is 5.10 Å². The first-order valence-electron chi connectivity index (χ1n) is 2.55. The molecule has 0 aromatic carbocycles. The number of nitrogens with zero attached hydrogens (tertiary/aromatic N) is 2. The van der Waals surface area contributed by atoms with Gasteiger partial charge >= 0.3 is 0 Å². The highest BCUT2D eigenvalue weighted by Crippen LogP contribution is 1.96. The van der Waals surface area contributed by atoms with Crippen LogP contribution in [-0.4, -0.2) is 18.8 Å². The Morgan fingerprint density at radius 3 is 2.38 bits per heavy atom. The van der Waals surface area contributed by atoms with Crippen molar-refractivity contribution in [2.75, 3.05) is 7.05 Å². The van der Waals surface area contributed by atoms with E-state index >= 15 is 0 Å². The summed E-state index contributed by atoms with van der Waals surface area (Å²) >= 11 is 0. The second kappa shape index (κ2) is 3.24. The summed E-state index contributed by atoms with van der Waals surface area (Å²) in [4.78, 5) is 0. The van der Waals surface area contributed by atoms with E-state index in [-0.39, 0.29) is 0 Å². The zero-order valence-corrected chi connectivity index (χ0v) is 5.68. The predicted octanol–water partition coefficient (Wildman–Crippen LogP) is 1.46. The monoisotopic (exact) mass is 112 g/mol. The van der Waals surface area contributed by atoms with Crippen molar-refractivity contribution in [3.63, 3.8) is 0 Å². The summed E-state index contributed by atoms with van der Waals surface area (Å²) < 4.78 is 0. The van der Waals surface area contributed by atoms with E-state index in [4.69, 9.17) is 0 Å². The molecular formula is C6H12N2. The molecule has 0 aromatic heterocycles. The number of hydrazone groups is 1. The summed E-state index contributed by atoms with van der Waals surface area (Å²) in [7, 11) is 1.86. The molecule has 2 heteroatoms. The van der Waals surface area contributed by atoms with E-state index in [9.17, 15) is 0 Å². The Bertz CT molecular complexity index is 105. The van der Waals surface area contributed by atoms with Crippen LogP contribution >= 0.6 is 0 Å². The van der Waals surface area contributed by atoms with Crippen LogP contribution in [0.5, 0.6) is 0 Å². The molecule has 0 aliphatic carbocycles. The molecule has 0 heterocycles. The summed E-state index contributed by atoms with van der Waals surface area (Å²) in [6.45, 7) is 7.31. The summed E-state index contributed by atoms with van der Waals surface area (Å²) in [5, 5.41) is 5.40. The van der Waals surface area contributed by atoms with E-state index in [1.165, 1.54) is 0 Å². The molecule has 0 radical (unpaired) electrons. The zero-order chi connectivity index (χ0) is 6.57. The minimum atomic E-state index is 1.11. The Kier molecular flexibility index (Phi) is 2.92. The fourth-order valence-electron chi connectivity index (χ4n) is 0.298. The van der Waals surface area contributed by atoms with Gasteiger partial charge in [-0.05, 0) is 13.8 Å². The third-order valence-corrected chi connectivity index (χ3v) is 1.14. The Morgan fingerprint density at radius 2 is 2.25 bits per heavy atom. The Balaban J connectivity index is 3.81. The second-order valence-electron chi connectivity index (χ2n) is 1.60. The Morgan fingerprint density at radius 1 is 1.75 bits per heavy atom. The highest BCUT2D eigenvalue weighted by molar-refractivity contribution is 5.23. The first kappa shape index (κ1) is 7.21. The molecule has 2 nitrogen and oxygen atoms in total. The van der Waals surface area contributed by atoms with Gasteiger partial charge in [-0.1, -0.05) is 6.08 Å². The third-order valence-electron chi connectivity index (χ3n) is 1.14. The van der Waals surface area contributed by atoms with Crippen LogP contribution in [0.2, 0.25) is 0 Å². The molecule has 0 atom stereocenters. The average molecular weight is 112 g/mol. The van der Waals surface area contributed by atoms with Crippen molar-refractivity contribution in [1.29, 1.82) is 0 Å². The first-order valence-corrected chi connectivity index (χ1v) is 2.55. The number of hydrogen-bond donors (Lipinski definition) is 0. The van der Waals surface area contributed by atoms with Crippen LogP contribution in [0.1, 0.15) is 13.8 Å². The van der Waals surface area contributed by atoms with Crippen LogP contribution in [-0.2, 0) is 0 Å². The molecule has 0 aliphatic heterocycles. The molecule has 0 aromatic rings. The van der Waals surface area contributed by atoms with E-state index in [1.54, 1.807) is 5.01 Å². The number of allylic oxidation sites excluding steroid dienone is 2. The molecule has 0 saturated carbocycles. The molecule has 0 N–H and O–H groups in total. The minimum absolute atomic E-state index is 1.11. The van der Waals surface area contributed by atoms with Gasteiger partial charge in [0, 0.05) is 19.5 Å². The lowest BCUT2D eigenvalue weighted by Gasteiger charge is -2.10. The van der Waals surface area contributed by atoms with Gasteiger partial charge in [-0.15, -0.1) is 0 Å². The molecule has 0 saturated heterocycles. The van der Waals surface area contributed by atoms with Crippen LogP contribution in [0.4, 0.5) is 0 Å². The van der Waals surface area contributed by atoms with Crippen molar-refractivity contribution < 1.29 is 0 Å². The lowest BCUT2D eigenvalue weighted by molar-refractivity contribution is 0.451. The lowest BCUT2D eigenvalue weighted by atomic mass is 10.4. The van der Waals surface area contributed by atoms with E-state index in [0.29, 0.717) is 0 Å². The van der Waals surface area contributed by atoms with Crippen molar-refractivity contribution in [2.24, 2.45) is 5.10 Å². The molecule has 0 aliphatic rings. The fraction of sp³-hybridized carbons (Fsp3) is 0.500. The van der Waals surface area contributed by atoms with Gasteiger partial charge < -0.3 is 0 Å². The summed E-state index contributed by atoms with van der Waals surface area (Å²) in [6, 6.07) is 0. The van der Waals surface area contributed by atoms with Gasteiger partial charge in [0.05, 0.1) is 0 Å². The maximum Gasteiger partial charge on any atom is 0.0299 e. The molecule has 0 rings (SSSR count). The predicted molar refractivity (Wildman–Crippen MR) is 36.7 cm³/mol. The zero-order valence-electron chi connectivity index (χ0n) is 5.68. The average Bonchev–Trinajstić information content (AvgIpc) is 1.84. The van der Waals surface area contributed by atoms with Crippen LogP contribution < -0.4 is 0 Å². The lowest BCUT2D eigenvalue weighted by Crippen LogP contribution is -2.05. The van der Waals surface area contributed by atoms with Gasteiger partial charge in [0.1, 0.15) is 0 Å². The normalized spacial score (nSPS) is 11.1. The largest absolute Gasteiger partial charge is 0.274 e. The molecule has 0 amide bonds. The van der Waals surface area contributed by atoms with Gasteiger partial charge in [0.25, 0.3) is 0 Å². The summed E-state index contributed by atoms with van der Waals surface area (Å²) in [5.41, 5.74) is 1.11. The molecule has 0 unspecified atom stereocenters. The quantitative estimate of drug-likeness (QED) is 0.390. The minimum Gasteiger partial charge on any atom is -0.274 e. The van der Waals surface area contributed by atoms with E-state index in [2.05, 4.69) is 11.8 Å². The maximum absolute atomic E-state index is 3.67. The molecule has 46 valence electrons. The van der Waals surface area contributed by atoms with Crippen LogP contribution in [0.15, 0.2) is 16.9 Å². The van der Waals surface area contributed by atoms with E-state index in [1.807, 2.05) is 27.0 Å². The third kappa shape index (κ3) is 1.78. The van der Waals surface area contributed by atoms with E-state index in [0.717, 1.165) is 5.70 Å². The SMILES string of the molecule is C=NN(C)C(C)=CC. The Hall–Kier alpha value is -0.790. The van der Waals surface area contributed by atoms with Crippen LogP contribution in [0, 0.1) is 0 Å². The molecular weight excluding hydrogens is 100 g/mol. The fourth-order valence-corrected chi connectivity index (χ4v) is 0.298. The van der Waals surface area contributed by atoms with Crippen LogP contribution in [0.25, 0.3) is 0 Å². The van der Waals surface area contributed by atoms with Gasteiger partial charge in [0.2, 0.25) is 0 Å². The topological polar surface area (TPSA) is 15.6 Å². The maximum atomic E-state index is 3.67. The number of hydrogen-bond acceptors (Lipinski definition) is 2. The standard InChI is InChI=1S/C6H12N2/c1-5-6(2)8(4)7-3/h5H,3H2,1-2,4H3. The molecule has 0 spiro atoms. The molecule has 0 bridgehead atoms. The van der Waals surface area contributed by atoms with Crippen molar-refractivity contribution in [1.82, 2.24) is 5.01 Å². The van der Waals surface area contributed by atoms with Crippen molar-refractivity contribution in [2.45, 2.75) is 13.8 Å².